The molecule has 136 valence electrons. The molecule has 1 saturated carbocycles. The lowest BCUT2D eigenvalue weighted by molar-refractivity contribution is -0.140. The lowest BCUT2D eigenvalue weighted by Crippen LogP contribution is -2.57. The molecule has 1 aromatic heterocycles. The van der Waals surface area contributed by atoms with Crippen molar-refractivity contribution in [3.8, 4) is 5.88 Å². The summed E-state index contributed by atoms with van der Waals surface area (Å²) in [7, 11) is 0. The van der Waals surface area contributed by atoms with Crippen LogP contribution in [-0.2, 0) is 9.53 Å². The van der Waals surface area contributed by atoms with Gasteiger partial charge in [-0.15, -0.1) is 5.10 Å². The van der Waals surface area contributed by atoms with Gasteiger partial charge in [0.1, 0.15) is 0 Å². The molecule has 1 amide bonds. The zero-order valence-corrected chi connectivity index (χ0v) is 14.5. The first-order chi connectivity index (χ1) is 12.2. The number of aromatic nitrogens is 2. The second kappa shape index (κ2) is 7.25. The molecular weight excluding hydrogens is 320 g/mol. The molecule has 2 atom stereocenters. The molecule has 3 aliphatic heterocycles. The van der Waals surface area contributed by atoms with Crippen molar-refractivity contribution in [3.05, 3.63) is 17.8 Å². The average molecular weight is 346 g/mol. The van der Waals surface area contributed by atoms with E-state index in [9.17, 15) is 4.79 Å². The van der Waals surface area contributed by atoms with Gasteiger partial charge in [-0.1, -0.05) is 0 Å². The number of nitrogens with two attached hydrogens (primary N) is 1. The van der Waals surface area contributed by atoms with E-state index in [0.717, 1.165) is 44.1 Å². The van der Waals surface area contributed by atoms with Crippen molar-refractivity contribution in [1.82, 2.24) is 15.1 Å². The fourth-order valence-corrected chi connectivity index (χ4v) is 4.35. The molecule has 4 aliphatic rings. The fraction of sp³-hybridized carbons (Fsp3) is 0.722. The molecule has 5 rings (SSSR count). The van der Waals surface area contributed by atoms with Gasteiger partial charge >= 0.3 is 0 Å². The minimum absolute atomic E-state index is 0.0228. The third-order valence-electron chi connectivity index (χ3n) is 5.82. The normalized spacial score (nSPS) is 33.3. The van der Waals surface area contributed by atoms with E-state index in [-0.39, 0.29) is 30.7 Å². The number of carbonyl (C=O) groups is 1. The molecule has 0 unspecified atom stereocenters. The Morgan fingerprint density at radius 1 is 1.20 bits per heavy atom. The van der Waals surface area contributed by atoms with Crippen LogP contribution in [0.2, 0.25) is 0 Å². The molecule has 2 fully saturated rings. The summed E-state index contributed by atoms with van der Waals surface area (Å²) in [5.41, 5.74) is 7.36. The molecule has 2 bridgehead atoms. The van der Waals surface area contributed by atoms with Crippen LogP contribution in [0.1, 0.15) is 50.0 Å². The number of amides is 1. The third kappa shape index (κ3) is 3.48. The van der Waals surface area contributed by atoms with Crippen molar-refractivity contribution in [2.75, 3.05) is 19.8 Å². The van der Waals surface area contributed by atoms with Gasteiger partial charge in [-0.05, 0) is 50.5 Å². The van der Waals surface area contributed by atoms with Gasteiger partial charge in [0, 0.05) is 18.2 Å². The number of ether oxygens (including phenoxy) is 2. The number of carbonyl (C=O) groups excluding carboxylic acids is 1. The third-order valence-corrected chi connectivity index (χ3v) is 5.82. The summed E-state index contributed by atoms with van der Waals surface area (Å²) in [5, 5.41) is 8.08. The maximum absolute atomic E-state index is 12.7. The Morgan fingerprint density at radius 3 is 2.88 bits per heavy atom. The molecule has 0 spiro atoms. The highest BCUT2D eigenvalue weighted by Crippen LogP contribution is 2.37. The van der Waals surface area contributed by atoms with Gasteiger partial charge in [-0.25, -0.2) is 0 Å². The highest BCUT2D eigenvalue weighted by molar-refractivity contribution is 5.78. The monoisotopic (exact) mass is 346 g/mol. The van der Waals surface area contributed by atoms with Gasteiger partial charge < -0.3 is 20.1 Å². The average Bonchev–Trinajstić information content (AvgIpc) is 2.66. The van der Waals surface area contributed by atoms with Crippen LogP contribution in [0.4, 0.5) is 0 Å². The first kappa shape index (κ1) is 16.7. The SMILES string of the molecule is N[C@H]1CCCN2C(=O)COc3nnccc3C3CCC(CC3)OC[C@@H]12. The predicted octanol–water partition coefficient (Wildman–Crippen LogP) is 1.23. The standard InChI is InChI=1S/C18H26N4O3/c19-15-2-1-9-22-16(15)10-24-13-5-3-12(4-6-13)14-7-8-20-21-18(14)25-11-17(22)23/h7-8,12-13,15-16H,1-6,9-11,19H2/t12?,13?,15-,16-/m0/s1. The van der Waals surface area contributed by atoms with Crippen LogP contribution >= 0.6 is 0 Å². The largest absolute Gasteiger partial charge is 0.466 e. The first-order valence-corrected chi connectivity index (χ1v) is 9.33. The van der Waals surface area contributed by atoms with Crippen molar-refractivity contribution in [1.29, 1.82) is 0 Å². The number of hydrogen-bond donors (Lipinski definition) is 1. The zero-order chi connectivity index (χ0) is 17.2. The van der Waals surface area contributed by atoms with Gasteiger partial charge in [0.15, 0.2) is 6.61 Å². The second-order valence-electron chi connectivity index (χ2n) is 7.35. The maximum Gasteiger partial charge on any atom is 0.260 e. The summed E-state index contributed by atoms with van der Waals surface area (Å²) in [6, 6.07) is 1.87. The van der Waals surface area contributed by atoms with E-state index in [1.807, 2.05) is 11.0 Å². The minimum atomic E-state index is -0.0651. The van der Waals surface area contributed by atoms with Crippen LogP contribution in [0, 0.1) is 0 Å². The molecule has 0 aromatic carbocycles. The van der Waals surface area contributed by atoms with E-state index >= 15 is 0 Å². The van der Waals surface area contributed by atoms with Gasteiger partial charge in [0.25, 0.3) is 5.91 Å². The minimum Gasteiger partial charge on any atom is -0.466 e. The summed E-state index contributed by atoms with van der Waals surface area (Å²) in [4.78, 5) is 14.6. The molecule has 1 aromatic rings. The first-order valence-electron chi connectivity index (χ1n) is 9.33. The summed E-state index contributed by atoms with van der Waals surface area (Å²) in [6.07, 6.45) is 7.92. The Morgan fingerprint density at radius 2 is 2.04 bits per heavy atom. The quantitative estimate of drug-likeness (QED) is 0.760. The Kier molecular flexibility index (Phi) is 4.85. The molecule has 4 heterocycles. The van der Waals surface area contributed by atoms with Crippen LogP contribution in [0.5, 0.6) is 5.88 Å². The molecule has 2 N–H and O–H groups in total. The number of hydrogen-bond acceptors (Lipinski definition) is 6. The van der Waals surface area contributed by atoms with Crippen LogP contribution in [-0.4, -0.2) is 59.0 Å². The van der Waals surface area contributed by atoms with Crippen molar-refractivity contribution in [3.63, 3.8) is 0 Å². The molecule has 25 heavy (non-hydrogen) atoms. The maximum atomic E-state index is 12.7. The van der Waals surface area contributed by atoms with Gasteiger partial charge in [-0.2, -0.15) is 5.10 Å². The topological polar surface area (TPSA) is 90.6 Å². The number of rotatable bonds is 0. The van der Waals surface area contributed by atoms with E-state index in [1.165, 1.54) is 0 Å². The van der Waals surface area contributed by atoms with Gasteiger partial charge in [0.2, 0.25) is 5.88 Å². The summed E-state index contributed by atoms with van der Waals surface area (Å²) >= 11 is 0. The molecule has 0 radical (unpaired) electrons. The van der Waals surface area contributed by atoms with Crippen molar-refractivity contribution in [2.45, 2.75) is 62.6 Å². The summed E-state index contributed by atoms with van der Waals surface area (Å²) < 4.78 is 12.0. The van der Waals surface area contributed by atoms with Gasteiger partial charge in [0.05, 0.1) is 24.9 Å². The fourth-order valence-electron chi connectivity index (χ4n) is 4.35. The summed E-state index contributed by atoms with van der Waals surface area (Å²) in [6.45, 7) is 1.21. The van der Waals surface area contributed by atoms with Crippen LogP contribution in [0.15, 0.2) is 12.3 Å². The highest BCUT2D eigenvalue weighted by atomic mass is 16.5. The zero-order valence-electron chi connectivity index (χ0n) is 14.5. The van der Waals surface area contributed by atoms with Crippen molar-refractivity contribution in [2.24, 2.45) is 5.73 Å². The van der Waals surface area contributed by atoms with Crippen LogP contribution in [0.25, 0.3) is 0 Å². The van der Waals surface area contributed by atoms with Crippen LogP contribution in [0.3, 0.4) is 0 Å². The number of piperidine rings is 1. The lowest BCUT2D eigenvalue weighted by atomic mass is 9.83. The van der Waals surface area contributed by atoms with E-state index in [0.29, 0.717) is 24.9 Å². The highest BCUT2D eigenvalue weighted by Gasteiger charge is 2.35. The Hall–Kier alpha value is -1.73. The molecular formula is C18H26N4O3. The Bertz CT molecular complexity index is 618. The lowest BCUT2D eigenvalue weighted by Gasteiger charge is -2.40. The Balaban J connectivity index is 1.61. The Labute approximate surface area is 147 Å². The van der Waals surface area contributed by atoms with Crippen LogP contribution < -0.4 is 10.5 Å². The van der Waals surface area contributed by atoms with E-state index in [2.05, 4.69) is 10.2 Å². The summed E-state index contributed by atoms with van der Waals surface area (Å²) in [5.74, 6) is 0.843. The van der Waals surface area contributed by atoms with E-state index in [1.54, 1.807) is 6.20 Å². The number of nitrogens with zero attached hydrogens (tertiary/aromatic N) is 3. The van der Waals surface area contributed by atoms with Crippen molar-refractivity contribution >= 4 is 5.91 Å². The molecule has 1 aliphatic carbocycles. The van der Waals surface area contributed by atoms with E-state index < -0.39 is 0 Å². The number of fused-ring (bicyclic) bond motifs is 5. The smallest absolute Gasteiger partial charge is 0.260 e. The molecule has 7 heteroatoms. The molecule has 1 saturated heterocycles. The predicted molar refractivity (Wildman–Crippen MR) is 91.2 cm³/mol. The second-order valence-corrected chi connectivity index (χ2v) is 7.35. The van der Waals surface area contributed by atoms with Crippen molar-refractivity contribution < 1.29 is 14.3 Å². The van der Waals surface area contributed by atoms with E-state index in [4.69, 9.17) is 15.2 Å². The molecule has 7 nitrogen and oxygen atoms in total. The van der Waals surface area contributed by atoms with Gasteiger partial charge in [-0.3, -0.25) is 4.79 Å².